The Morgan fingerprint density at radius 3 is 2.70 bits per heavy atom. The van der Waals surface area contributed by atoms with Crippen molar-refractivity contribution < 1.29 is 9.18 Å². The summed E-state index contributed by atoms with van der Waals surface area (Å²) < 4.78 is 13.7. The van der Waals surface area contributed by atoms with Crippen LogP contribution in [0.2, 0.25) is 5.02 Å². The van der Waals surface area contributed by atoms with Gasteiger partial charge in [-0.15, -0.1) is 0 Å². The molecule has 0 bridgehead atoms. The number of benzene rings is 2. The highest BCUT2D eigenvalue weighted by Gasteiger charge is 2.15. The molecule has 20 heavy (non-hydrogen) atoms. The number of nitrogen functional groups attached to an aromatic ring is 1. The Bertz CT molecular complexity index is 646. The summed E-state index contributed by atoms with van der Waals surface area (Å²) in [6, 6.07) is 10.8. The molecule has 0 heterocycles. The zero-order chi connectivity index (χ0) is 14.7. The van der Waals surface area contributed by atoms with Crippen molar-refractivity contribution in [2.75, 3.05) is 5.73 Å². The quantitative estimate of drug-likeness (QED) is 0.850. The molecule has 2 aromatic carbocycles. The van der Waals surface area contributed by atoms with E-state index in [4.69, 9.17) is 17.3 Å². The molecule has 0 aromatic heterocycles. The molecule has 3 nitrogen and oxygen atoms in total. The van der Waals surface area contributed by atoms with Crippen LogP contribution in [0.25, 0.3) is 0 Å². The van der Waals surface area contributed by atoms with E-state index in [-0.39, 0.29) is 16.6 Å². The number of anilines is 1. The van der Waals surface area contributed by atoms with Crippen molar-refractivity contribution in [2.45, 2.75) is 13.0 Å². The number of carbonyl (C=O) groups excluding carboxylic acids is 1. The predicted octanol–water partition coefficient (Wildman–Crippen LogP) is 3.55. The van der Waals surface area contributed by atoms with Gasteiger partial charge in [0.1, 0.15) is 5.82 Å². The minimum atomic E-state index is -0.644. The number of nitrogens with two attached hydrogens (primary N) is 1. The van der Waals surface area contributed by atoms with Gasteiger partial charge < -0.3 is 11.1 Å². The fourth-order valence-electron chi connectivity index (χ4n) is 1.86. The Hall–Kier alpha value is -2.07. The molecule has 5 heteroatoms. The van der Waals surface area contributed by atoms with Gasteiger partial charge in [0.25, 0.3) is 5.91 Å². The van der Waals surface area contributed by atoms with Crippen LogP contribution >= 0.6 is 11.6 Å². The molecule has 104 valence electrons. The predicted molar refractivity (Wildman–Crippen MR) is 78.1 cm³/mol. The van der Waals surface area contributed by atoms with Crippen molar-refractivity contribution in [3.63, 3.8) is 0 Å². The second-order valence-electron chi connectivity index (χ2n) is 4.49. The minimum Gasteiger partial charge on any atom is -0.399 e. The van der Waals surface area contributed by atoms with E-state index in [0.29, 0.717) is 5.69 Å². The highest BCUT2D eigenvalue weighted by atomic mass is 35.5. The zero-order valence-corrected chi connectivity index (χ0v) is 11.6. The standard InChI is InChI=1S/C15H14ClFN2O/c1-9(10-3-2-4-12(18)7-10)19-15(20)13-6-5-11(16)8-14(13)17/h2-9H,18H2,1H3,(H,19,20). The fraction of sp³-hybridized carbons (Fsp3) is 0.133. The SMILES string of the molecule is CC(NC(=O)c1ccc(Cl)cc1F)c1cccc(N)c1. The third-order valence-electron chi connectivity index (χ3n) is 2.93. The molecule has 0 radical (unpaired) electrons. The summed E-state index contributed by atoms with van der Waals surface area (Å²) >= 11 is 5.66. The summed E-state index contributed by atoms with van der Waals surface area (Å²) in [5, 5.41) is 2.98. The molecule has 2 rings (SSSR count). The normalized spacial score (nSPS) is 11.9. The topological polar surface area (TPSA) is 55.1 Å². The molecule has 0 fully saturated rings. The van der Waals surface area contributed by atoms with Gasteiger partial charge in [0, 0.05) is 10.7 Å². The van der Waals surface area contributed by atoms with E-state index in [1.807, 2.05) is 6.07 Å². The number of hydrogen-bond acceptors (Lipinski definition) is 2. The molecule has 3 N–H and O–H groups in total. The van der Waals surface area contributed by atoms with Gasteiger partial charge in [0.2, 0.25) is 0 Å². The van der Waals surface area contributed by atoms with Crippen LogP contribution in [0.5, 0.6) is 0 Å². The average Bonchev–Trinajstić information content (AvgIpc) is 2.38. The molecule has 0 aliphatic heterocycles. The highest BCUT2D eigenvalue weighted by Crippen LogP contribution is 2.18. The lowest BCUT2D eigenvalue weighted by Crippen LogP contribution is -2.27. The third-order valence-corrected chi connectivity index (χ3v) is 3.17. The van der Waals surface area contributed by atoms with Crippen molar-refractivity contribution in [1.29, 1.82) is 0 Å². The first kappa shape index (κ1) is 14.3. The van der Waals surface area contributed by atoms with E-state index >= 15 is 0 Å². The summed E-state index contributed by atoms with van der Waals surface area (Å²) in [6.07, 6.45) is 0. The van der Waals surface area contributed by atoms with Gasteiger partial charge in [-0.3, -0.25) is 4.79 Å². The lowest BCUT2D eigenvalue weighted by molar-refractivity contribution is 0.0936. The first-order chi connectivity index (χ1) is 9.47. The lowest BCUT2D eigenvalue weighted by Gasteiger charge is -2.15. The van der Waals surface area contributed by atoms with Gasteiger partial charge in [-0.1, -0.05) is 23.7 Å². The van der Waals surface area contributed by atoms with E-state index in [9.17, 15) is 9.18 Å². The third kappa shape index (κ3) is 3.27. The fourth-order valence-corrected chi connectivity index (χ4v) is 2.02. The van der Waals surface area contributed by atoms with E-state index in [1.165, 1.54) is 12.1 Å². The van der Waals surface area contributed by atoms with Crippen LogP contribution in [0.3, 0.4) is 0 Å². The molecule has 0 saturated carbocycles. The second kappa shape index (κ2) is 5.92. The maximum atomic E-state index is 13.7. The van der Waals surface area contributed by atoms with E-state index in [2.05, 4.69) is 5.32 Å². The van der Waals surface area contributed by atoms with Crippen molar-refractivity contribution >= 4 is 23.2 Å². The Morgan fingerprint density at radius 2 is 2.05 bits per heavy atom. The number of carbonyl (C=O) groups is 1. The van der Waals surface area contributed by atoms with Gasteiger partial charge >= 0.3 is 0 Å². The maximum absolute atomic E-state index is 13.7. The molecule has 0 aliphatic carbocycles. The molecule has 1 atom stereocenters. The number of hydrogen-bond donors (Lipinski definition) is 2. The number of amides is 1. The summed E-state index contributed by atoms with van der Waals surface area (Å²) in [4.78, 5) is 12.0. The van der Waals surface area contributed by atoms with Crippen LogP contribution in [0.15, 0.2) is 42.5 Å². The molecule has 0 saturated heterocycles. The monoisotopic (exact) mass is 292 g/mol. The zero-order valence-electron chi connectivity index (χ0n) is 10.9. The number of nitrogens with one attached hydrogen (secondary N) is 1. The first-order valence-corrected chi connectivity index (χ1v) is 6.46. The lowest BCUT2D eigenvalue weighted by atomic mass is 10.1. The Labute approximate surface area is 121 Å². The van der Waals surface area contributed by atoms with Crippen LogP contribution in [0.4, 0.5) is 10.1 Å². The van der Waals surface area contributed by atoms with Gasteiger partial charge in [0.05, 0.1) is 11.6 Å². The van der Waals surface area contributed by atoms with Crippen LogP contribution in [0.1, 0.15) is 28.9 Å². The highest BCUT2D eigenvalue weighted by molar-refractivity contribution is 6.30. The summed E-state index contributed by atoms with van der Waals surface area (Å²) in [5.74, 6) is -1.14. The van der Waals surface area contributed by atoms with E-state index < -0.39 is 11.7 Å². The van der Waals surface area contributed by atoms with Gasteiger partial charge in [-0.2, -0.15) is 0 Å². The molecule has 2 aromatic rings. The van der Waals surface area contributed by atoms with E-state index in [0.717, 1.165) is 11.6 Å². The molecular weight excluding hydrogens is 279 g/mol. The van der Waals surface area contributed by atoms with Crippen LogP contribution in [-0.4, -0.2) is 5.91 Å². The summed E-state index contributed by atoms with van der Waals surface area (Å²) in [7, 11) is 0. The smallest absolute Gasteiger partial charge is 0.254 e. The Morgan fingerprint density at radius 1 is 1.30 bits per heavy atom. The van der Waals surface area contributed by atoms with Crippen molar-refractivity contribution in [3.05, 3.63) is 64.4 Å². The Kier molecular flexibility index (Phi) is 4.25. The van der Waals surface area contributed by atoms with Gasteiger partial charge in [-0.05, 0) is 42.8 Å². The number of halogens is 2. The average molecular weight is 293 g/mol. The molecule has 1 unspecified atom stereocenters. The number of rotatable bonds is 3. The summed E-state index contributed by atoms with van der Waals surface area (Å²) in [5.41, 5.74) is 7.12. The maximum Gasteiger partial charge on any atom is 0.254 e. The van der Waals surface area contributed by atoms with Crippen molar-refractivity contribution in [2.24, 2.45) is 0 Å². The van der Waals surface area contributed by atoms with Crippen molar-refractivity contribution in [1.82, 2.24) is 5.32 Å². The molecule has 0 spiro atoms. The van der Waals surface area contributed by atoms with Crippen LogP contribution < -0.4 is 11.1 Å². The van der Waals surface area contributed by atoms with Gasteiger partial charge in [-0.25, -0.2) is 4.39 Å². The Balaban J connectivity index is 2.15. The minimum absolute atomic E-state index is 0.0369. The molecular formula is C15H14ClFN2O. The largest absolute Gasteiger partial charge is 0.399 e. The molecule has 1 amide bonds. The summed E-state index contributed by atoms with van der Waals surface area (Å²) in [6.45, 7) is 1.81. The van der Waals surface area contributed by atoms with Gasteiger partial charge in [0.15, 0.2) is 0 Å². The van der Waals surface area contributed by atoms with Crippen molar-refractivity contribution in [3.8, 4) is 0 Å². The van der Waals surface area contributed by atoms with Crippen LogP contribution in [0, 0.1) is 5.82 Å². The molecule has 0 aliphatic rings. The van der Waals surface area contributed by atoms with Crippen LogP contribution in [-0.2, 0) is 0 Å². The first-order valence-electron chi connectivity index (χ1n) is 6.08. The second-order valence-corrected chi connectivity index (χ2v) is 4.93. The van der Waals surface area contributed by atoms with E-state index in [1.54, 1.807) is 25.1 Å².